The van der Waals surface area contributed by atoms with E-state index in [4.69, 9.17) is 4.74 Å². The van der Waals surface area contributed by atoms with Crippen molar-refractivity contribution in [2.24, 2.45) is 5.41 Å². The minimum absolute atomic E-state index is 0.0375. The molecular formula is C11H22O2. The van der Waals surface area contributed by atoms with Crippen molar-refractivity contribution in [3.05, 3.63) is 0 Å². The molecule has 0 aliphatic heterocycles. The Balaban J connectivity index is 2.68. The molecule has 0 spiro atoms. The van der Waals surface area contributed by atoms with Crippen molar-refractivity contribution in [2.75, 3.05) is 7.11 Å². The first kappa shape index (κ1) is 11.0. The molecule has 2 nitrogen and oxygen atoms in total. The molecule has 0 saturated heterocycles. The van der Waals surface area contributed by atoms with Crippen LogP contribution in [-0.2, 0) is 4.74 Å². The van der Waals surface area contributed by atoms with Crippen molar-refractivity contribution in [2.45, 2.75) is 58.2 Å². The summed E-state index contributed by atoms with van der Waals surface area (Å²) in [5.74, 6) is 0. The van der Waals surface area contributed by atoms with Crippen molar-refractivity contribution in [3.63, 3.8) is 0 Å². The normalized spacial score (nSPS) is 36.2. The molecule has 0 heterocycles. The molecular weight excluding hydrogens is 164 g/mol. The zero-order valence-electron chi connectivity index (χ0n) is 9.26. The molecule has 0 amide bonds. The van der Waals surface area contributed by atoms with Gasteiger partial charge in [-0.15, -0.1) is 0 Å². The van der Waals surface area contributed by atoms with Crippen LogP contribution in [0.5, 0.6) is 0 Å². The summed E-state index contributed by atoms with van der Waals surface area (Å²) in [6.45, 7) is 6.31. The fraction of sp³-hybridized carbons (Fsp3) is 1.00. The van der Waals surface area contributed by atoms with Gasteiger partial charge in [-0.25, -0.2) is 0 Å². The first-order chi connectivity index (χ1) is 5.89. The summed E-state index contributed by atoms with van der Waals surface area (Å²) in [7, 11) is 1.74. The number of ether oxygens (including phenoxy) is 1. The van der Waals surface area contributed by atoms with Crippen LogP contribution in [0.15, 0.2) is 0 Å². The predicted octanol–water partition coefficient (Wildman–Crippen LogP) is 2.35. The quantitative estimate of drug-likeness (QED) is 0.681. The Labute approximate surface area is 81.3 Å². The molecule has 2 heteroatoms. The fourth-order valence-corrected chi connectivity index (χ4v) is 2.09. The van der Waals surface area contributed by atoms with E-state index < -0.39 is 5.60 Å². The summed E-state index contributed by atoms with van der Waals surface area (Å²) in [5, 5.41) is 10.4. The van der Waals surface area contributed by atoms with Crippen LogP contribution in [0.1, 0.15) is 46.5 Å². The first-order valence-electron chi connectivity index (χ1n) is 5.14. The molecule has 0 bridgehead atoms. The summed E-state index contributed by atoms with van der Waals surface area (Å²) in [6, 6.07) is 0. The van der Waals surface area contributed by atoms with Gasteiger partial charge in [0.05, 0.1) is 11.7 Å². The highest BCUT2D eigenvalue weighted by molar-refractivity contribution is 4.95. The van der Waals surface area contributed by atoms with Gasteiger partial charge in [-0.1, -0.05) is 20.8 Å². The highest BCUT2D eigenvalue weighted by Crippen LogP contribution is 2.42. The monoisotopic (exact) mass is 186 g/mol. The average molecular weight is 186 g/mol. The molecule has 1 N–H and O–H groups in total. The topological polar surface area (TPSA) is 29.5 Å². The van der Waals surface area contributed by atoms with Crippen molar-refractivity contribution in [1.29, 1.82) is 0 Å². The lowest BCUT2D eigenvalue weighted by atomic mass is 9.67. The Kier molecular flexibility index (Phi) is 3.03. The molecule has 0 aromatic heterocycles. The first-order valence-corrected chi connectivity index (χ1v) is 5.14. The Morgan fingerprint density at radius 1 is 1.38 bits per heavy atom. The van der Waals surface area contributed by atoms with Crippen LogP contribution >= 0.6 is 0 Å². The van der Waals surface area contributed by atoms with Gasteiger partial charge in [0.25, 0.3) is 0 Å². The minimum Gasteiger partial charge on any atom is -0.389 e. The highest BCUT2D eigenvalue weighted by atomic mass is 16.5. The maximum Gasteiger partial charge on any atom is 0.0720 e. The predicted molar refractivity (Wildman–Crippen MR) is 53.7 cm³/mol. The van der Waals surface area contributed by atoms with Gasteiger partial charge in [0.2, 0.25) is 0 Å². The summed E-state index contributed by atoms with van der Waals surface area (Å²) in [6.07, 6.45) is 4.11. The summed E-state index contributed by atoms with van der Waals surface area (Å²) < 4.78 is 5.32. The van der Waals surface area contributed by atoms with Gasteiger partial charge in [0.15, 0.2) is 0 Å². The summed E-state index contributed by atoms with van der Waals surface area (Å²) in [5.41, 5.74) is -0.573. The second-order valence-electron chi connectivity index (χ2n) is 5.24. The minimum atomic E-state index is -0.536. The fourth-order valence-electron chi connectivity index (χ4n) is 2.09. The van der Waals surface area contributed by atoms with Gasteiger partial charge < -0.3 is 9.84 Å². The highest BCUT2D eigenvalue weighted by Gasteiger charge is 2.43. The molecule has 1 fully saturated rings. The standard InChI is InChI=1S/C11H22O2/c1-10(2,3)11(12)7-5-6-9(8-11)13-4/h9,12H,5-8H2,1-4H3. The lowest BCUT2D eigenvalue weighted by molar-refractivity contribution is -0.121. The number of hydrogen-bond donors (Lipinski definition) is 1. The van der Waals surface area contributed by atoms with Crippen LogP contribution in [0.25, 0.3) is 0 Å². The van der Waals surface area contributed by atoms with E-state index >= 15 is 0 Å². The number of rotatable bonds is 1. The van der Waals surface area contributed by atoms with Crippen LogP contribution in [0.2, 0.25) is 0 Å². The van der Waals surface area contributed by atoms with E-state index in [1.807, 2.05) is 0 Å². The van der Waals surface area contributed by atoms with Crippen LogP contribution in [-0.4, -0.2) is 23.9 Å². The van der Waals surface area contributed by atoms with Gasteiger partial charge in [0.1, 0.15) is 0 Å². The zero-order valence-corrected chi connectivity index (χ0v) is 9.26. The lowest BCUT2D eigenvalue weighted by Crippen LogP contribution is -2.48. The Hall–Kier alpha value is -0.0800. The van der Waals surface area contributed by atoms with E-state index in [9.17, 15) is 5.11 Å². The largest absolute Gasteiger partial charge is 0.389 e. The number of hydrogen-bond acceptors (Lipinski definition) is 2. The van der Waals surface area contributed by atoms with E-state index in [0.29, 0.717) is 0 Å². The maximum atomic E-state index is 10.4. The third-order valence-corrected chi connectivity index (χ3v) is 3.41. The SMILES string of the molecule is COC1CCCC(O)(C(C)(C)C)C1. The van der Waals surface area contributed by atoms with Gasteiger partial charge in [-0.2, -0.15) is 0 Å². The van der Waals surface area contributed by atoms with Crippen LogP contribution in [0.3, 0.4) is 0 Å². The lowest BCUT2D eigenvalue weighted by Gasteiger charge is -2.45. The number of methoxy groups -OCH3 is 1. The van der Waals surface area contributed by atoms with Crippen LogP contribution in [0.4, 0.5) is 0 Å². The smallest absolute Gasteiger partial charge is 0.0720 e. The van der Waals surface area contributed by atoms with Gasteiger partial charge in [-0.3, -0.25) is 0 Å². The molecule has 2 unspecified atom stereocenters. The second-order valence-corrected chi connectivity index (χ2v) is 5.24. The summed E-state index contributed by atoms with van der Waals surface area (Å²) in [4.78, 5) is 0. The van der Waals surface area contributed by atoms with E-state index in [2.05, 4.69) is 20.8 Å². The van der Waals surface area contributed by atoms with E-state index in [0.717, 1.165) is 25.7 Å². The van der Waals surface area contributed by atoms with Gasteiger partial charge >= 0.3 is 0 Å². The molecule has 1 aliphatic carbocycles. The van der Waals surface area contributed by atoms with E-state index in [-0.39, 0.29) is 11.5 Å². The van der Waals surface area contributed by atoms with Crippen molar-refractivity contribution in [1.82, 2.24) is 0 Å². The van der Waals surface area contributed by atoms with Crippen molar-refractivity contribution < 1.29 is 9.84 Å². The molecule has 1 saturated carbocycles. The molecule has 0 aromatic rings. The van der Waals surface area contributed by atoms with Crippen molar-refractivity contribution in [3.8, 4) is 0 Å². The third kappa shape index (κ3) is 2.23. The van der Waals surface area contributed by atoms with Crippen LogP contribution in [0, 0.1) is 5.41 Å². The maximum absolute atomic E-state index is 10.4. The molecule has 0 radical (unpaired) electrons. The van der Waals surface area contributed by atoms with Crippen molar-refractivity contribution >= 4 is 0 Å². The summed E-state index contributed by atoms with van der Waals surface area (Å²) >= 11 is 0. The van der Waals surface area contributed by atoms with E-state index in [1.54, 1.807) is 7.11 Å². The molecule has 1 aliphatic rings. The zero-order chi connectivity index (χ0) is 10.1. The average Bonchev–Trinajstić information content (AvgIpc) is 2.02. The number of aliphatic hydroxyl groups is 1. The Bertz CT molecular complexity index is 171. The molecule has 13 heavy (non-hydrogen) atoms. The molecule has 1 rings (SSSR count). The molecule has 0 aromatic carbocycles. The molecule has 2 atom stereocenters. The third-order valence-electron chi connectivity index (χ3n) is 3.41. The van der Waals surface area contributed by atoms with Gasteiger partial charge in [-0.05, 0) is 24.7 Å². The second kappa shape index (κ2) is 3.58. The Morgan fingerprint density at radius 2 is 2.00 bits per heavy atom. The van der Waals surface area contributed by atoms with Gasteiger partial charge in [0, 0.05) is 13.5 Å². The Morgan fingerprint density at radius 3 is 2.46 bits per heavy atom. The van der Waals surface area contributed by atoms with Crippen LogP contribution < -0.4 is 0 Å². The van der Waals surface area contributed by atoms with E-state index in [1.165, 1.54) is 0 Å². The molecule has 78 valence electrons.